The lowest BCUT2D eigenvalue weighted by Gasteiger charge is -2.23. The van der Waals surface area contributed by atoms with E-state index in [1.807, 2.05) is 18.2 Å². The van der Waals surface area contributed by atoms with Gasteiger partial charge in [-0.1, -0.05) is 53.7 Å². The van der Waals surface area contributed by atoms with Gasteiger partial charge in [0.25, 0.3) is 0 Å². The molecule has 2 aromatic rings. The Labute approximate surface area is 141 Å². The first-order chi connectivity index (χ1) is 10.9. The van der Waals surface area contributed by atoms with E-state index in [0.29, 0.717) is 0 Å². The van der Waals surface area contributed by atoms with Gasteiger partial charge in [0.15, 0.2) is 0 Å². The van der Waals surface area contributed by atoms with Crippen LogP contribution >= 0.6 is 11.8 Å². The molecule has 1 aliphatic rings. The van der Waals surface area contributed by atoms with Gasteiger partial charge in [-0.05, 0) is 37.5 Å². The van der Waals surface area contributed by atoms with Crippen LogP contribution in [-0.2, 0) is 16.4 Å². The van der Waals surface area contributed by atoms with E-state index in [2.05, 4.69) is 42.0 Å². The molecule has 0 aliphatic heterocycles. The summed E-state index contributed by atoms with van der Waals surface area (Å²) >= 11 is 1.64. The molecule has 3 rings (SSSR count). The van der Waals surface area contributed by atoms with Crippen LogP contribution in [0.4, 0.5) is 0 Å². The first kappa shape index (κ1) is 16.1. The molecule has 0 bridgehead atoms. The van der Waals surface area contributed by atoms with Gasteiger partial charge in [0.2, 0.25) is 10.0 Å². The highest BCUT2D eigenvalue weighted by Crippen LogP contribution is 2.39. The number of nitrogens with one attached hydrogen (secondary N) is 1. The summed E-state index contributed by atoms with van der Waals surface area (Å²) in [5.41, 5.74) is 4.11. The van der Waals surface area contributed by atoms with E-state index in [1.54, 1.807) is 11.8 Å². The van der Waals surface area contributed by atoms with E-state index in [1.165, 1.54) is 17.4 Å². The molecular formula is C18H19NO2S2. The van der Waals surface area contributed by atoms with Crippen LogP contribution in [0, 0.1) is 6.92 Å². The van der Waals surface area contributed by atoms with Gasteiger partial charge in [-0.2, -0.15) is 0 Å². The predicted molar refractivity (Wildman–Crippen MR) is 96.7 cm³/mol. The Morgan fingerprint density at radius 3 is 2.39 bits per heavy atom. The number of hydrogen-bond donors (Lipinski definition) is 1. The molecule has 5 heteroatoms. The summed E-state index contributed by atoms with van der Waals surface area (Å²) in [6.45, 7) is 2.06. The lowest BCUT2D eigenvalue weighted by molar-refractivity contribution is 0.597. The zero-order valence-corrected chi connectivity index (χ0v) is 14.8. The van der Waals surface area contributed by atoms with Gasteiger partial charge >= 0.3 is 0 Å². The quantitative estimate of drug-likeness (QED) is 0.912. The van der Waals surface area contributed by atoms with Gasteiger partial charge in [-0.3, -0.25) is 4.72 Å². The fraction of sp³-hybridized carbons (Fsp3) is 0.222. The molecule has 23 heavy (non-hydrogen) atoms. The SMILES string of the molecule is Cc1ccc(SC2=C(NS(C)(=O)=O)c3ccccc3CC2)cc1. The van der Waals surface area contributed by atoms with Crippen LogP contribution in [0.2, 0.25) is 0 Å². The summed E-state index contributed by atoms with van der Waals surface area (Å²) in [4.78, 5) is 2.19. The van der Waals surface area contributed by atoms with Gasteiger partial charge in [0.05, 0.1) is 12.0 Å². The average Bonchev–Trinajstić information content (AvgIpc) is 2.50. The number of sulfonamides is 1. The molecule has 0 atom stereocenters. The molecule has 0 aromatic heterocycles. The van der Waals surface area contributed by atoms with Crippen molar-refractivity contribution in [2.45, 2.75) is 24.7 Å². The minimum Gasteiger partial charge on any atom is -0.282 e. The van der Waals surface area contributed by atoms with Crippen LogP contribution in [0.5, 0.6) is 0 Å². The largest absolute Gasteiger partial charge is 0.282 e. The van der Waals surface area contributed by atoms with E-state index in [0.717, 1.165) is 33.9 Å². The topological polar surface area (TPSA) is 46.2 Å². The van der Waals surface area contributed by atoms with Crippen LogP contribution in [0.3, 0.4) is 0 Å². The normalized spacial score (nSPS) is 14.5. The smallest absolute Gasteiger partial charge is 0.229 e. The van der Waals surface area contributed by atoms with Crippen LogP contribution in [0.25, 0.3) is 5.70 Å². The summed E-state index contributed by atoms with van der Waals surface area (Å²) in [5, 5.41) is 0. The fourth-order valence-corrected chi connectivity index (χ4v) is 4.35. The van der Waals surface area contributed by atoms with E-state index >= 15 is 0 Å². The maximum atomic E-state index is 11.8. The fourth-order valence-electron chi connectivity index (χ4n) is 2.65. The standard InChI is InChI=1S/C18H19NO2S2/c1-13-7-10-15(11-8-13)22-17-12-9-14-5-3-4-6-16(14)18(17)19-23(2,20)21/h3-8,10-11,19H,9,12H2,1-2H3. The van der Waals surface area contributed by atoms with Gasteiger partial charge in [-0.15, -0.1) is 0 Å². The monoisotopic (exact) mass is 345 g/mol. The minimum absolute atomic E-state index is 0.722. The summed E-state index contributed by atoms with van der Waals surface area (Å²) in [5.74, 6) is 0. The lowest BCUT2D eigenvalue weighted by Crippen LogP contribution is -2.24. The van der Waals surface area contributed by atoms with Crippen LogP contribution < -0.4 is 4.72 Å². The summed E-state index contributed by atoms with van der Waals surface area (Å²) in [6.07, 6.45) is 2.97. The maximum Gasteiger partial charge on any atom is 0.229 e. The molecule has 0 amide bonds. The molecule has 1 N–H and O–H groups in total. The molecule has 0 radical (unpaired) electrons. The van der Waals surface area contributed by atoms with E-state index < -0.39 is 10.0 Å². The molecule has 0 saturated heterocycles. The molecule has 0 heterocycles. The van der Waals surface area contributed by atoms with Crippen molar-refractivity contribution in [3.8, 4) is 0 Å². The second-order valence-electron chi connectivity index (χ2n) is 5.74. The maximum absolute atomic E-state index is 11.8. The Morgan fingerprint density at radius 2 is 1.70 bits per heavy atom. The van der Waals surface area contributed by atoms with Crippen molar-refractivity contribution in [1.29, 1.82) is 0 Å². The number of allylic oxidation sites excluding steroid dienone is 1. The zero-order valence-electron chi connectivity index (χ0n) is 13.2. The third-order valence-electron chi connectivity index (χ3n) is 3.74. The van der Waals surface area contributed by atoms with Crippen LogP contribution in [0.15, 0.2) is 58.3 Å². The number of fused-ring (bicyclic) bond motifs is 1. The van der Waals surface area contributed by atoms with Gasteiger partial charge < -0.3 is 0 Å². The molecule has 0 spiro atoms. The number of rotatable bonds is 4. The Hall–Kier alpha value is -1.72. The number of benzene rings is 2. The zero-order chi connectivity index (χ0) is 16.4. The van der Waals surface area contributed by atoms with Crippen molar-refractivity contribution < 1.29 is 8.42 Å². The van der Waals surface area contributed by atoms with E-state index in [-0.39, 0.29) is 0 Å². The highest BCUT2D eigenvalue weighted by Gasteiger charge is 2.21. The van der Waals surface area contributed by atoms with Crippen LogP contribution in [0.1, 0.15) is 23.1 Å². The van der Waals surface area contributed by atoms with E-state index in [9.17, 15) is 8.42 Å². The van der Waals surface area contributed by atoms with E-state index in [4.69, 9.17) is 0 Å². The number of aryl methyl sites for hydroxylation is 2. The molecule has 0 unspecified atom stereocenters. The molecule has 120 valence electrons. The second kappa shape index (κ2) is 6.42. The molecule has 0 fully saturated rings. The first-order valence-corrected chi connectivity index (χ1v) is 10.2. The van der Waals surface area contributed by atoms with Gasteiger partial charge in [0, 0.05) is 15.4 Å². The number of thioether (sulfide) groups is 1. The Bertz CT molecular complexity index is 853. The van der Waals surface area contributed by atoms with Crippen molar-refractivity contribution in [3.05, 3.63) is 70.1 Å². The van der Waals surface area contributed by atoms with Crippen LogP contribution in [-0.4, -0.2) is 14.7 Å². The molecule has 1 aliphatic carbocycles. The molecular weight excluding hydrogens is 326 g/mol. The average molecular weight is 345 g/mol. The third-order valence-corrected chi connectivity index (χ3v) is 5.47. The highest BCUT2D eigenvalue weighted by atomic mass is 32.2. The first-order valence-electron chi connectivity index (χ1n) is 7.46. The van der Waals surface area contributed by atoms with Crippen molar-refractivity contribution >= 4 is 27.5 Å². The minimum atomic E-state index is -3.32. The predicted octanol–water partition coefficient (Wildman–Crippen LogP) is 3.95. The molecule has 2 aromatic carbocycles. The third kappa shape index (κ3) is 3.98. The van der Waals surface area contributed by atoms with Gasteiger partial charge in [-0.25, -0.2) is 8.42 Å². The van der Waals surface area contributed by atoms with Crippen molar-refractivity contribution in [3.63, 3.8) is 0 Å². The second-order valence-corrected chi connectivity index (χ2v) is 8.66. The van der Waals surface area contributed by atoms with Crippen molar-refractivity contribution in [2.24, 2.45) is 0 Å². The summed E-state index contributed by atoms with van der Waals surface area (Å²) in [7, 11) is -3.32. The molecule has 0 saturated carbocycles. The summed E-state index contributed by atoms with van der Waals surface area (Å²) < 4.78 is 26.3. The van der Waals surface area contributed by atoms with Crippen molar-refractivity contribution in [2.75, 3.05) is 6.26 Å². The molecule has 3 nitrogen and oxygen atoms in total. The Balaban J connectivity index is 2.03. The Kier molecular flexibility index (Phi) is 4.50. The highest BCUT2D eigenvalue weighted by molar-refractivity contribution is 8.03. The summed E-state index contributed by atoms with van der Waals surface area (Å²) in [6, 6.07) is 16.3. The van der Waals surface area contributed by atoms with Gasteiger partial charge in [0.1, 0.15) is 0 Å². The lowest BCUT2D eigenvalue weighted by atomic mass is 9.95. The van der Waals surface area contributed by atoms with Crippen molar-refractivity contribution in [1.82, 2.24) is 4.72 Å². The Morgan fingerprint density at radius 1 is 1.00 bits per heavy atom. The number of hydrogen-bond acceptors (Lipinski definition) is 3.